The molecule has 144 valence electrons. The highest BCUT2D eigenvalue weighted by Gasteiger charge is 2.28. The van der Waals surface area contributed by atoms with Crippen LogP contribution >= 0.6 is 0 Å². The lowest BCUT2D eigenvalue weighted by Crippen LogP contribution is -2.49. The van der Waals surface area contributed by atoms with Crippen molar-refractivity contribution in [2.75, 3.05) is 26.7 Å². The van der Waals surface area contributed by atoms with Crippen molar-refractivity contribution in [1.29, 1.82) is 0 Å². The molecule has 6 heteroatoms. The van der Waals surface area contributed by atoms with Crippen LogP contribution in [0.4, 0.5) is 0 Å². The summed E-state index contributed by atoms with van der Waals surface area (Å²) in [4.78, 5) is 26.5. The molecular weight excluding hydrogens is 330 g/mol. The van der Waals surface area contributed by atoms with E-state index in [2.05, 4.69) is 12.2 Å². The summed E-state index contributed by atoms with van der Waals surface area (Å²) in [7, 11) is 1.65. The molecule has 0 saturated carbocycles. The molecule has 1 aliphatic rings. The standard InChI is InChI=1S/C20H31N3O3/c1-15(16-6-5-8-18(13-16)26-2)12-20(25)23-11-4-3-7-17(23)14-22-19(24)9-10-21/h5-6,8,13,15,17H,3-4,7,9-12,14,21H2,1-2H3,(H,22,24). The molecule has 2 atom stereocenters. The summed E-state index contributed by atoms with van der Waals surface area (Å²) >= 11 is 0. The first-order valence-corrected chi connectivity index (χ1v) is 9.45. The Morgan fingerprint density at radius 3 is 2.92 bits per heavy atom. The van der Waals surface area contributed by atoms with Crippen LogP contribution in [0.15, 0.2) is 24.3 Å². The molecule has 2 rings (SSSR count). The van der Waals surface area contributed by atoms with Gasteiger partial charge in [0.25, 0.3) is 0 Å². The van der Waals surface area contributed by atoms with Crippen molar-refractivity contribution in [2.45, 2.75) is 51.0 Å². The fraction of sp³-hybridized carbons (Fsp3) is 0.600. The highest BCUT2D eigenvalue weighted by atomic mass is 16.5. The lowest BCUT2D eigenvalue weighted by molar-refractivity contribution is -0.135. The predicted octanol–water partition coefficient (Wildman–Crippen LogP) is 2.03. The van der Waals surface area contributed by atoms with Crippen LogP contribution in [0.25, 0.3) is 0 Å². The number of nitrogens with two attached hydrogens (primary N) is 1. The highest BCUT2D eigenvalue weighted by Crippen LogP contribution is 2.26. The van der Waals surface area contributed by atoms with Crippen LogP contribution in [0.5, 0.6) is 5.75 Å². The number of hydrogen-bond acceptors (Lipinski definition) is 4. The van der Waals surface area contributed by atoms with Gasteiger partial charge >= 0.3 is 0 Å². The topological polar surface area (TPSA) is 84.7 Å². The first-order chi connectivity index (χ1) is 12.5. The van der Waals surface area contributed by atoms with Crippen molar-refractivity contribution in [1.82, 2.24) is 10.2 Å². The van der Waals surface area contributed by atoms with Crippen molar-refractivity contribution in [2.24, 2.45) is 5.73 Å². The molecule has 0 aromatic heterocycles. The fourth-order valence-corrected chi connectivity index (χ4v) is 3.44. The quantitative estimate of drug-likeness (QED) is 0.742. The number of piperidine rings is 1. The maximum Gasteiger partial charge on any atom is 0.223 e. The number of carbonyl (C=O) groups is 2. The molecule has 26 heavy (non-hydrogen) atoms. The van der Waals surface area contributed by atoms with Crippen molar-refractivity contribution in [3.63, 3.8) is 0 Å². The molecule has 1 saturated heterocycles. The first-order valence-electron chi connectivity index (χ1n) is 9.45. The third-order valence-electron chi connectivity index (χ3n) is 5.00. The zero-order valence-electron chi connectivity index (χ0n) is 15.9. The second-order valence-corrected chi connectivity index (χ2v) is 6.96. The maximum atomic E-state index is 12.9. The molecule has 0 bridgehead atoms. The van der Waals surface area contributed by atoms with Gasteiger partial charge in [-0.2, -0.15) is 0 Å². The summed E-state index contributed by atoms with van der Waals surface area (Å²) in [6, 6.07) is 7.95. The van der Waals surface area contributed by atoms with Gasteiger partial charge in [-0.25, -0.2) is 0 Å². The summed E-state index contributed by atoms with van der Waals surface area (Å²) in [6.45, 7) is 3.69. The van der Waals surface area contributed by atoms with E-state index in [1.165, 1.54) is 0 Å². The van der Waals surface area contributed by atoms with Crippen molar-refractivity contribution >= 4 is 11.8 Å². The van der Waals surface area contributed by atoms with Crippen LogP contribution in [0.3, 0.4) is 0 Å². The number of carbonyl (C=O) groups excluding carboxylic acids is 2. The van der Waals surface area contributed by atoms with E-state index < -0.39 is 0 Å². The predicted molar refractivity (Wildman–Crippen MR) is 102 cm³/mol. The second kappa shape index (κ2) is 10.2. The average Bonchev–Trinajstić information content (AvgIpc) is 2.66. The SMILES string of the molecule is COc1cccc(C(C)CC(=O)N2CCCCC2CNC(=O)CCN)c1. The van der Waals surface area contributed by atoms with E-state index in [1.54, 1.807) is 7.11 Å². The molecule has 6 nitrogen and oxygen atoms in total. The zero-order valence-corrected chi connectivity index (χ0v) is 15.9. The van der Waals surface area contributed by atoms with E-state index in [4.69, 9.17) is 10.5 Å². The minimum Gasteiger partial charge on any atom is -0.497 e. The first kappa shape index (κ1) is 20.2. The monoisotopic (exact) mass is 361 g/mol. The normalized spacial score (nSPS) is 18.3. The number of amides is 2. The van der Waals surface area contributed by atoms with Crippen LogP contribution in [0.2, 0.25) is 0 Å². The Kier molecular flexibility index (Phi) is 7.91. The van der Waals surface area contributed by atoms with Gasteiger partial charge in [-0.15, -0.1) is 0 Å². The molecule has 0 aliphatic carbocycles. The highest BCUT2D eigenvalue weighted by molar-refractivity contribution is 5.78. The molecule has 2 amide bonds. The lowest BCUT2D eigenvalue weighted by atomic mass is 9.95. The van der Waals surface area contributed by atoms with Crippen LogP contribution < -0.4 is 15.8 Å². The fourth-order valence-electron chi connectivity index (χ4n) is 3.44. The zero-order chi connectivity index (χ0) is 18.9. The van der Waals surface area contributed by atoms with Gasteiger partial charge in [-0.05, 0) is 42.9 Å². The van der Waals surface area contributed by atoms with Gasteiger partial charge in [0.2, 0.25) is 11.8 Å². The van der Waals surface area contributed by atoms with Crippen molar-refractivity contribution < 1.29 is 14.3 Å². The molecule has 1 heterocycles. The Balaban J connectivity index is 1.95. The van der Waals surface area contributed by atoms with Gasteiger partial charge in [0.05, 0.1) is 7.11 Å². The molecule has 1 aliphatic heterocycles. The van der Waals surface area contributed by atoms with Gasteiger partial charge in [0.1, 0.15) is 5.75 Å². The van der Waals surface area contributed by atoms with Gasteiger partial charge in [-0.1, -0.05) is 19.1 Å². The van der Waals surface area contributed by atoms with E-state index in [0.717, 1.165) is 37.1 Å². The number of ether oxygens (including phenoxy) is 1. The van der Waals surface area contributed by atoms with Gasteiger partial charge in [0.15, 0.2) is 0 Å². The average molecular weight is 361 g/mol. The number of likely N-dealkylation sites (tertiary alicyclic amines) is 1. The molecule has 1 aromatic rings. The van der Waals surface area contributed by atoms with E-state index in [1.807, 2.05) is 29.2 Å². The van der Waals surface area contributed by atoms with E-state index in [-0.39, 0.29) is 23.8 Å². The molecule has 0 radical (unpaired) electrons. The van der Waals surface area contributed by atoms with Crippen LogP contribution in [-0.4, -0.2) is 49.5 Å². The third kappa shape index (κ3) is 5.73. The summed E-state index contributed by atoms with van der Waals surface area (Å²) in [6.07, 6.45) is 3.83. The summed E-state index contributed by atoms with van der Waals surface area (Å²) < 4.78 is 5.27. The van der Waals surface area contributed by atoms with Crippen LogP contribution in [0, 0.1) is 0 Å². The minimum absolute atomic E-state index is 0.0461. The number of benzene rings is 1. The number of nitrogens with one attached hydrogen (secondary N) is 1. The van der Waals surface area contributed by atoms with Crippen molar-refractivity contribution in [3.8, 4) is 5.75 Å². The maximum absolute atomic E-state index is 12.9. The second-order valence-electron chi connectivity index (χ2n) is 6.96. The van der Waals surface area contributed by atoms with Crippen LogP contribution in [0.1, 0.15) is 50.5 Å². The lowest BCUT2D eigenvalue weighted by Gasteiger charge is -2.36. The Morgan fingerprint density at radius 2 is 2.19 bits per heavy atom. The summed E-state index contributed by atoms with van der Waals surface area (Å²) in [5.41, 5.74) is 6.51. The van der Waals surface area contributed by atoms with E-state index >= 15 is 0 Å². The molecule has 1 fully saturated rings. The van der Waals surface area contributed by atoms with E-state index in [9.17, 15) is 9.59 Å². The number of hydrogen-bond donors (Lipinski definition) is 2. The van der Waals surface area contributed by atoms with Gasteiger partial charge in [-0.3, -0.25) is 9.59 Å². The molecule has 1 aromatic carbocycles. The Bertz CT molecular complexity index is 606. The van der Waals surface area contributed by atoms with Gasteiger partial charge < -0.3 is 20.7 Å². The molecule has 0 spiro atoms. The largest absolute Gasteiger partial charge is 0.497 e. The number of rotatable bonds is 8. The Hall–Kier alpha value is -2.08. The molecule has 2 unspecified atom stereocenters. The number of methoxy groups -OCH3 is 1. The Morgan fingerprint density at radius 1 is 1.38 bits per heavy atom. The third-order valence-corrected chi connectivity index (χ3v) is 5.00. The minimum atomic E-state index is -0.0461. The summed E-state index contributed by atoms with van der Waals surface area (Å²) in [5, 5.41) is 2.91. The van der Waals surface area contributed by atoms with E-state index in [0.29, 0.717) is 25.9 Å². The van der Waals surface area contributed by atoms with Crippen LogP contribution in [-0.2, 0) is 9.59 Å². The Labute approximate surface area is 156 Å². The van der Waals surface area contributed by atoms with Crippen molar-refractivity contribution in [3.05, 3.63) is 29.8 Å². The number of nitrogens with zero attached hydrogens (tertiary/aromatic N) is 1. The molecule has 3 N–H and O–H groups in total. The molecular formula is C20H31N3O3. The van der Waals surface area contributed by atoms with Gasteiger partial charge in [0, 0.05) is 38.5 Å². The summed E-state index contributed by atoms with van der Waals surface area (Å²) in [5.74, 6) is 1.03. The smallest absolute Gasteiger partial charge is 0.223 e.